The third-order valence-electron chi connectivity index (χ3n) is 4.04. The van der Waals surface area contributed by atoms with Crippen LogP contribution in [-0.4, -0.2) is 15.8 Å². The number of aromatic nitrogens is 2. The monoisotopic (exact) mass is 271 g/mol. The molecule has 0 saturated carbocycles. The van der Waals surface area contributed by atoms with Gasteiger partial charge in [-0.25, -0.2) is 0 Å². The fraction of sp³-hybridized carbons (Fsp3) is 0.471. The average molecular weight is 271 g/mol. The maximum Gasteiger partial charge on any atom is 0.0540 e. The van der Waals surface area contributed by atoms with E-state index < -0.39 is 0 Å². The zero-order valence-electron chi connectivity index (χ0n) is 12.9. The second-order valence-corrected chi connectivity index (χ2v) is 5.49. The zero-order valence-corrected chi connectivity index (χ0v) is 12.9. The van der Waals surface area contributed by atoms with Crippen molar-refractivity contribution in [2.45, 2.75) is 45.7 Å². The van der Waals surface area contributed by atoms with E-state index in [1.54, 1.807) is 0 Å². The number of nitrogens with zero attached hydrogens (tertiary/aromatic N) is 2. The molecule has 0 spiro atoms. The molecule has 1 N–H and O–H groups in total. The van der Waals surface area contributed by atoms with Gasteiger partial charge in [-0.05, 0) is 32.3 Å². The Kier molecular flexibility index (Phi) is 4.96. The number of rotatable bonds is 6. The highest BCUT2D eigenvalue weighted by Gasteiger charge is 2.16. The summed E-state index contributed by atoms with van der Waals surface area (Å²) in [5.41, 5.74) is 3.92. The van der Waals surface area contributed by atoms with Gasteiger partial charge in [0.25, 0.3) is 0 Å². The first-order valence-electron chi connectivity index (χ1n) is 7.40. The molecule has 0 fully saturated rings. The second-order valence-electron chi connectivity index (χ2n) is 5.49. The minimum absolute atomic E-state index is 0.331. The van der Waals surface area contributed by atoms with E-state index in [1.165, 1.54) is 16.8 Å². The summed E-state index contributed by atoms with van der Waals surface area (Å²) in [5, 5.41) is 8.06. The molecule has 0 saturated heterocycles. The van der Waals surface area contributed by atoms with Crippen molar-refractivity contribution in [1.29, 1.82) is 0 Å². The van der Waals surface area contributed by atoms with E-state index in [0.717, 1.165) is 12.8 Å². The normalized spacial score (nSPS) is 14.2. The quantitative estimate of drug-likeness (QED) is 0.872. The fourth-order valence-corrected chi connectivity index (χ4v) is 2.60. The number of nitrogens with one attached hydrogen (secondary N) is 1. The van der Waals surface area contributed by atoms with E-state index in [1.807, 2.05) is 17.9 Å². The van der Waals surface area contributed by atoms with Crippen LogP contribution in [0.1, 0.15) is 43.1 Å². The maximum atomic E-state index is 4.33. The lowest BCUT2D eigenvalue weighted by Gasteiger charge is -2.22. The minimum atomic E-state index is 0.331. The highest BCUT2D eigenvalue weighted by atomic mass is 15.3. The Morgan fingerprint density at radius 1 is 1.25 bits per heavy atom. The van der Waals surface area contributed by atoms with Crippen LogP contribution in [-0.2, 0) is 13.5 Å². The summed E-state index contributed by atoms with van der Waals surface area (Å²) >= 11 is 0. The Morgan fingerprint density at radius 3 is 2.50 bits per heavy atom. The van der Waals surface area contributed by atoms with Crippen molar-refractivity contribution < 1.29 is 0 Å². The van der Waals surface area contributed by atoms with Crippen molar-refractivity contribution in [2.75, 3.05) is 0 Å². The summed E-state index contributed by atoms with van der Waals surface area (Å²) in [6.45, 7) is 6.58. The summed E-state index contributed by atoms with van der Waals surface area (Å²) < 4.78 is 1.94. The lowest BCUT2D eigenvalue weighted by molar-refractivity contribution is 0.439. The summed E-state index contributed by atoms with van der Waals surface area (Å²) in [4.78, 5) is 0. The Balaban J connectivity index is 2.01. The number of hydrogen-bond acceptors (Lipinski definition) is 2. The second kappa shape index (κ2) is 6.71. The van der Waals surface area contributed by atoms with Gasteiger partial charge in [-0.1, -0.05) is 37.3 Å². The van der Waals surface area contributed by atoms with Crippen LogP contribution < -0.4 is 5.32 Å². The van der Waals surface area contributed by atoms with E-state index in [0.29, 0.717) is 12.1 Å². The maximum absolute atomic E-state index is 4.33. The molecular formula is C17H25N3. The first-order valence-corrected chi connectivity index (χ1v) is 7.40. The van der Waals surface area contributed by atoms with Gasteiger partial charge in [-0.15, -0.1) is 0 Å². The van der Waals surface area contributed by atoms with Crippen molar-refractivity contribution in [2.24, 2.45) is 7.05 Å². The molecule has 3 nitrogen and oxygen atoms in total. The van der Waals surface area contributed by atoms with Gasteiger partial charge in [0.2, 0.25) is 0 Å². The first-order chi connectivity index (χ1) is 9.61. The van der Waals surface area contributed by atoms with Crippen LogP contribution in [0.4, 0.5) is 0 Å². The highest BCUT2D eigenvalue weighted by Crippen LogP contribution is 2.18. The van der Waals surface area contributed by atoms with Gasteiger partial charge in [-0.2, -0.15) is 5.10 Å². The summed E-state index contributed by atoms with van der Waals surface area (Å²) in [6, 6.07) is 11.5. The molecule has 2 aromatic rings. The highest BCUT2D eigenvalue weighted by molar-refractivity contribution is 5.20. The van der Waals surface area contributed by atoms with Gasteiger partial charge < -0.3 is 5.32 Å². The van der Waals surface area contributed by atoms with Crippen LogP contribution in [0.15, 0.2) is 36.5 Å². The van der Waals surface area contributed by atoms with Crippen LogP contribution in [0.25, 0.3) is 0 Å². The molecule has 2 rings (SSSR count). The molecular weight excluding hydrogens is 246 g/mol. The Bertz CT molecular complexity index is 530. The topological polar surface area (TPSA) is 29.9 Å². The average Bonchev–Trinajstić information content (AvgIpc) is 2.79. The molecule has 1 aromatic heterocycles. The molecule has 0 aliphatic carbocycles. The Morgan fingerprint density at radius 2 is 1.95 bits per heavy atom. The van der Waals surface area contributed by atoms with Crippen molar-refractivity contribution in [3.8, 4) is 0 Å². The molecule has 0 amide bonds. The van der Waals surface area contributed by atoms with Gasteiger partial charge in [0.15, 0.2) is 0 Å². The van der Waals surface area contributed by atoms with E-state index in [-0.39, 0.29) is 0 Å². The lowest BCUT2D eigenvalue weighted by atomic mass is 10.0. The van der Waals surface area contributed by atoms with Gasteiger partial charge in [0.1, 0.15) is 0 Å². The number of aryl methyl sites for hydroxylation is 1. The third-order valence-corrected chi connectivity index (χ3v) is 4.04. The minimum Gasteiger partial charge on any atom is -0.307 e. The van der Waals surface area contributed by atoms with E-state index >= 15 is 0 Å². The van der Waals surface area contributed by atoms with E-state index in [2.05, 4.69) is 61.5 Å². The van der Waals surface area contributed by atoms with Crippen LogP contribution in [0.3, 0.4) is 0 Å². The third kappa shape index (κ3) is 3.48. The molecule has 3 heteroatoms. The van der Waals surface area contributed by atoms with E-state index in [9.17, 15) is 0 Å². The molecule has 2 unspecified atom stereocenters. The summed E-state index contributed by atoms with van der Waals surface area (Å²) in [7, 11) is 1.99. The SMILES string of the molecule is CCC(Cc1ccccc1)NC(C)c1cnn(C)c1C. The summed E-state index contributed by atoms with van der Waals surface area (Å²) in [6.07, 6.45) is 4.17. The predicted molar refractivity (Wildman–Crippen MR) is 83.7 cm³/mol. The lowest BCUT2D eigenvalue weighted by Crippen LogP contribution is -2.33. The van der Waals surface area contributed by atoms with Gasteiger partial charge in [0, 0.05) is 30.4 Å². The summed E-state index contributed by atoms with van der Waals surface area (Å²) in [5.74, 6) is 0. The molecule has 2 atom stereocenters. The molecule has 0 aliphatic rings. The predicted octanol–water partition coefficient (Wildman–Crippen LogP) is 3.40. The number of benzene rings is 1. The largest absolute Gasteiger partial charge is 0.307 e. The smallest absolute Gasteiger partial charge is 0.0540 e. The molecule has 20 heavy (non-hydrogen) atoms. The first kappa shape index (κ1) is 14.8. The van der Waals surface area contributed by atoms with Gasteiger partial charge >= 0.3 is 0 Å². The van der Waals surface area contributed by atoms with Gasteiger partial charge in [0.05, 0.1) is 6.20 Å². The van der Waals surface area contributed by atoms with Gasteiger partial charge in [-0.3, -0.25) is 4.68 Å². The van der Waals surface area contributed by atoms with Crippen LogP contribution in [0.2, 0.25) is 0 Å². The standard InChI is InChI=1S/C17H25N3/c1-5-16(11-15-9-7-6-8-10-15)19-13(2)17-12-18-20(4)14(17)3/h6-10,12-13,16,19H,5,11H2,1-4H3. The molecule has 0 bridgehead atoms. The molecule has 0 aliphatic heterocycles. The molecule has 0 radical (unpaired) electrons. The van der Waals surface area contributed by atoms with E-state index in [4.69, 9.17) is 0 Å². The van der Waals surface area contributed by atoms with Crippen LogP contribution in [0, 0.1) is 6.92 Å². The number of hydrogen-bond donors (Lipinski definition) is 1. The van der Waals surface area contributed by atoms with Crippen molar-refractivity contribution in [3.63, 3.8) is 0 Å². The Hall–Kier alpha value is -1.61. The Labute approximate surface area is 122 Å². The molecule has 1 aromatic carbocycles. The molecule has 1 heterocycles. The van der Waals surface area contributed by atoms with Crippen molar-refractivity contribution in [3.05, 3.63) is 53.3 Å². The zero-order chi connectivity index (χ0) is 14.5. The van der Waals surface area contributed by atoms with Crippen LogP contribution >= 0.6 is 0 Å². The van der Waals surface area contributed by atoms with Crippen LogP contribution in [0.5, 0.6) is 0 Å². The van der Waals surface area contributed by atoms with Crippen molar-refractivity contribution >= 4 is 0 Å². The fourth-order valence-electron chi connectivity index (χ4n) is 2.60. The molecule has 108 valence electrons. The van der Waals surface area contributed by atoms with Crippen molar-refractivity contribution in [1.82, 2.24) is 15.1 Å².